The molecule has 0 amide bonds. The summed E-state index contributed by atoms with van der Waals surface area (Å²) in [6, 6.07) is 0. The van der Waals surface area contributed by atoms with Gasteiger partial charge in [-0.25, -0.2) is 0 Å². The molecule has 1 aliphatic rings. The van der Waals surface area contributed by atoms with E-state index in [1.54, 1.807) is 0 Å². The van der Waals surface area contributed by atoms with Gasteiger partial charge < -0.3 is 10.2 Å². The second-order valence-electron chi connectivity index (χ2n) is 6.26. The molecule has 8 heteroatoms. The fraction of sp³-hybridized carbons (Fsp3) is 1.00. The Labute approximate surface area is 165 Å². The first-order valence-electron chi connectivity index (χ1n) is 8.69. The van der Waals surface area contributed by atoms with Crippen LogP contribution in [0.5, 0.6) is 0 Å². The number of aliphatic hydroxyl groups excluding tert-OH is 2. The highest BCUT2D eigenvalue weighted by Gasteiger charge is 2.11. The van der Waals surface area contributed by atoms with E-state index in [0.29, 0.717) is 0 Å². The zero-order chi connectivity index (χ0) is 17.6. The number of hydrogen-bond acceptors (Lipinski definition) is 8. The van der Waals surface area contributed by atoms with Crippen molar-refractivity contribution in [1.29, 1.82) is 0 Å². The Bertz CT molecular complexity index is 255. The topological polar surface area (TPSA) is 46.9 Å². The third kappa shape index (κ3) is 13.4. The fourth-order valence-corrected chi connectivity index (χ4v) is 6.66. The van der Waals surface area contributed by atoms with Gasteiger partial charge in [-0.3, -0.25) is 9.80 Å². The van der Waals surface area contributed by atoms with Crippen LogP contribution >= 0.6 is 47.0 Å². The molecule has 2 atom stereocenters. The molecular formula is C16H34N2O2S4. The van der Waals surface area contributed by atoms with E-state index in [1.165, 1.54) is 35.9 Å². The second kappa shape index (κ2) is 15.3. The molecule has 0 radical (unpaired) electrons. The van der Waals surface area contributed by atoms with Crippen LogP contribution in [0.15, 0.2) is 0 Å². The summed E-state index contributed by atoms with van der Waals surface area (Å²) in [4.78, 5) is 4.74. The van der Waals surface area contributed by atoms with Crippen molar-refractivity contribution in [2.24, 2.45) is 0 Å². The van der Waals surface area contributed by atoms with Crippen LogP contribution in [0, 0.1) is 0 Å². The molecule has 1 heterocycles. The Hall–Kier alpha value is 1.24. The minimum absolute atomic E-state index is 0.247. The monoisotopic (exact) mass is 414 g/mol. The van der Waals surface area contributed by atoms with Gasteiger partial charge in [-0.15, -0.1) is 47.0 Å². The van der Waals surface area contributed by atoms with E-state index in [0.717, 1.165) is 36.6 Å². The van der Waals surface area contributed by atoms with Gasteiger partial charge in [-0.1, -0.05) is 0 Å². The van der Waals surface area contributed by atoms with E-state index >= 15 is 0 Å². The quantitative estimate of drug-likeness (QED) is 0.728. The summed E-state index contributed by atoms with van der Waals surface area (Å²) >= 11 is 7.92. The van der Waals surface area contributed by atoms with Crippen molar-refractivity contribution in [3.8, 4) is 0 Å². The maximum absolute atomic E-state index is 9.64. The molecule has 0 aliphatic carbocycles. The molecule has 2 unspecified atom stereocenters. The standard InChI is InChI=1S/C16H34N2O2S4/c1-15(19)9-17-11-21-5-3-7-23-13-18(10-16(2)20)14-24-8-4-6-22-12-17/h15-16,19-20H,3-14H2,1-2H3. The van der Waals surface area contributed by atoms with E-state index in [4.69, 9.17) is 0 Å². The maximum Gasteiger partial charge on any atom is 0.0639 e. The molecule has 144 valence electrons. The smallest absolute Gasteiger partial charge is 0.0639 e. The molecule has 1 rings (SSSR count). The lowest BCUT2D eigenvalue weighted by atomic mass is 10.4. The van der Waals surface area contributed by atoms with Crippen molar-refractivity contribution >= 4 is 47.0 Å². The van der Waals surface area contributed by atoms with Crippen molar-refractivity contribution in [2.45, 2.75) is 38.9 Å². The third-order valence-corrected chi connectivity index (χ3v) is 7.80. The van der Waals surface area contributed by atoms with E-state index in [1.807, 2.05) is 60.9 Å². The van der Waals surface area contributed by atoms with Crippen LogP contribution in [0.4, 0.5) is 0 Å². The van der Waals surface area contributed by atoms with Gasteiger partial charge in [0.15, 0.2) is 0 Å². The molecule has 0 bridgehead atoms. The van der Waals surface area contributed by atoms with Crippen molar-refractivity contribution in [3.05, 3.63) is 0 Å². The number of hydrogen-bond donors (Lipinski definition) is 2. The van der Waals surface area contributed by atoms with E-state index in [-0.39, 0.29) is 12.2 Å². The Morgan fingerprint density at radius 1 is 0.667 bits per heavy atom. The first-order valence-corrected chi connectivity index (χ1v) is 13.3. The zero-order valence-corrected chi connectivity index (χ0v) is 18.3. The average molecular weight is 415 g/mol. The highest BCUT2D eigenvalue weighted by atomic mass is 32.2. The van der Waals surface area contributed by atoms with E-state index in [9.17, 15) is 10.2 Å². The number of thioether (sulfide) groups is 4. The molecule has 0 saturated carbocycles. The summed E-state index contributed by atoms with van der Waals surface area (Å²) in [6.45, 7) is 5.30. The van der Waals surface area contributed by atoms with Crippen molar-refractivity contribution < 1.29 is 10.2 Å². The molecule has 24 heavy (non-hydrogen) atoms. The molecule has 1 saturated heterocycles. The number of nitrogens with zero attached hydrogens (tertiary/aromatic N) is 2. The summed E-state index contributed by atoms with van der Waals surface area (Å²) in [5, 5.41) is 19.3. The Balaban J connectivity index is 2.36. The van der Waals surface area contributed by atoms with Gasteiger partial charge in [0.25, 0.3) is 0 Å². The Kier molecular flexibility index (Phi) is 14.9. The van der Waals surface area contributed by atoms with Crippen LogP contribution < -0.4 is 0 Å². The van der Waals surface area contributed by atoms with Crippen LogP contribution in [0.2, 0.25) is 0 Å². The molecular weight excluding hydrogens is 380 g/mol. The van der Waals surface area contributed by atoms with Crippen LogP contribution in [0.1, 0.15) is 26.7 Å². The fourth-order valence-electron chi connectivity index (χ4n) is 2.33. The zero-order valence-electron chi connectivity index (χ0n) is 15.1. The van der Waals surface area contributed by atoms with Gasteiger partial charge in [-0.2, -0.15) is 0 Å². The Morgan fingerprint density at radius 3 is 1.21 bits per heavy atom. The van der Waals surface area contributed by atoms with Crippen molar-refractivity contribution in [1.82, 2.24) is 9.80 Å². The molecule has 1 fully saturated rings. The molecule has 2 N–H and O–H groups in total. The van der Waals surface area contributed by atoms with Crippen molar-refractivity contribution in [3.63, 3.8) is 0 Å². The van der Waals surface area contributed by atoms with Crippen LogP contribution in [-0.4, -0.2) is 91.8 Å². The third-order valence-electron chi connectivity index (χ3n) is 3.29. The molecule has 0 aromatic rings. The van der Waals surface area contributed by atoms with Crippen LogP contribution in [-0.2, 0) is 0 Å². The SMILES string of the molecule is CC(O)CN1CSCCCSCN(CC(C)O)CSCCCSC1. The number of rotatable bonds is 4. The average Bonchev–Trinajstić information content (AvgIpc) is 2.50. The number of aliphatic hydroxyl groups is 2. The van der Waals surface area contributed by atoms with E-state index < -0.39 is 0 Å². The summed E-state index contributed by atoms with van der Waals surface area (Å²) in [6.07, 6.45) is 1.95. The molecule has 1 aliphatic heterocycles. The van der Waals surface area contributed by atoms with Gasteiger partial charge in [0.05, 0.1) is 12.2 Å². The summed E-state index contributed by atoms with van der Waals surface area (Å²) in [5.74, 6) is 8.80. The molecule has 0 spiro atoms. The first kappa shape index (κ1) is 23.3. The lowest BCUT2D eigenvalue weighted by molar-refractivity contribution is 0.148. The van der Waals surface area contributed by atoms with Gasteiger partial charge in [0.1, 0.15) is 0 Å². The van der Waals surface area contributed by atoms with E-state index in [2.05, 4.69) is 9.80 Å². The van der Waals surface area contributed by atoms with Crippen LogP contribution in [0.3, 0.4) is 0 Å². The minimum Gasteiger partial charge on any atom is -0.392 e. The first-order chi connectivity index (χ1) is 11.6. The highest BCUT2D eigenvalue weighted by molar-refractivity contribution is 8.01. The predicted molar refractivity (Wildman–Crippen MR) is 115 cm³/mol. The maximum atomic E-state index is 9.64. The van der Waals surface area contributed by atoms with Crippen LogP contribution in [0.25, 0.3) is 0 Å². The lowest BCUT2D eigenvalue weighted by Crippen LogP contribution is -2.31. The summed E-state index contributed by atoms with van der Waals surface area (Å²) < 4.78 is 0. The Morgan fingerprint density at radius 2 is 0.958 bits per heavy atom. The summed E-state index contributed by atoms with van der Waals surface area (Å²) in [7, 11) is 0. The summed E-state index contributed by atoms with van der Waals surface area (Å²) in [5.41, 5.74) is 0. The predicted octanol–water partition coefficient (Wildman–Crippen LogP) is 2.91. The highest BCUT2D eigenvalue weighted by Crippen LogP contribution is 2.17. The van der Waals surface area contributed by atoms with Gasteiger partial charge in [0.2, 0.25) is 0 Å². The largest absolute Gasteiger partial charge is 0.392 e. The van der Waals surface area contributed by atoms with Gasteiger partial charge >= 0.3 is 0 Å². The number of β-amino-alcohol motifs (C(OH)–C–C–N with tert-alkyl or cyclic N) is 2. The second-order valence-corrected chi connectivity index (χ2v) is 10.6. The van der Waals surface area contributed by atoms with Gasteiger partial charge in [0, 0.05) is 36.6 Å². The van der Waals surface area contributed by atoms with Crippen molar-refractivity contribution in [2.75, 3.05) is 59.6 Å². The normalized spacial score (nSPS) is 24.5. The lowest BCUT2D eigenvalue weighted by Gasteiger charge is -2.24. The van der Waals surface area contributed by atoms with Gasteiger partial charge in [-0.05, 0) is 49.7 Å². The molecule has 4 nitrogen and oxygen atoms in total. The minimum atomic E-state index is -0.247. The molecule has 0 aromatic heterocycles. The molecule has 0 aromatic carbocycles.